The van der Waals surface area contributed by atoms with Crippen LogP contribution in [0.4, 0.5) is 0 Å². The van der Waals surface area contributed by atoms with Crippen LogP contribution in [0.25, 0.3) is 11.1 Å². The molecule has 0 aliphatic carbocycles. The number of methoxy groups -OCH3 is 1. The van der Waals surface area contributed by atoms with E-state index in [-0.39, 0.29) is 13.3 Å². The van der Waals surface area contributed by atoms with E-state index in [1.807, 2.05) is 30.3 Å². The molecule has 1 aliphatic heterocycles. The summed E-state index contributed by atoms with van der Waals surface area (Å²) in [6.07, 6.45) is 0. The molecule has 0 aromatic heterocycles. The lowest BCUT2D eigenvalue weighted by Crippen LogP contribution is -2.32. The van der Waals surface area contributed by atoms with Crippen molar-refractivity contribution in [3.63, 3.8) is 0 Å². The highest BCUT2D eigenvalue weighted by Crippen LogP contribution is 2.36. The lowest BCUT2D eigenvalue weighted by Gasteiger charge is -2.20. The summed E-state index contributed by atoms with van der Waals surface area (Å²) in [5.74, 6) is 1.04. The van der Waals surface area contributed by atoms with Crippen LogP contribution in [-0.2, 0) is 21.6 Å². The van der Waals surface area contributed by atoms with E-state index >= 15 is 0 Å². The van der Waals surface area contributed by atoms with Gasteiger partial charge in [0.1, 0.15) is 5.75 Å². The topological polar surface area (TPSA) is 73.9 Å². The van der Waals surface area contributed by atoms with Gasteiger partial charge in [0.05, 0.1) is 0 Å². The number of hydrogen-bond donors (Lipinski definition) is 1. The van der Waals surface area contributed by atoms with Crippen LogP contribution in [0.3, 0.4) is 0 Å². The van der Waals surface area contributed by atoms with E-state index < -0.39 is 10.3 Å². The van der Waals surface area contributed by atoms with Crippen LogP contribution in [0.1, 0.15) is 5.56 Å². The predicted molar refractivity (Wildman–Crippen MR) is 80.8 cm³/mol. The van der Waals surface area contributed by atoms with Gasteiger partial charge >= 0.3 is 10.3 Å². The van der Waals surface area contributed by atoms with Crippen molar-refractivity contribution in [3.8, 4) is 22.6 Å². The van der Waals surface area contributed by atoms with Crippen molar-refractivity contribution in [2.24, 2.45) is 0 Å². The van der Waals surface area contributed by atoms with Gasteiger partial charge in [-0.25, -0.2) is 0 Å². The quantitative estimate of drug-likeness (QED) is 0.873. The molecule has 1 heterocycles. The highest BCUT2D eigenvalue weighted by Gasteiger charge is 2.24. The molecule has 1 N–H and O–H groups in total. The highest BCUT2D eigenvalue weighted by molar-refractivity contribution is 7.85. The highest BCUT2D eigenvalue weighted by atomic mass is 32.2. The van der Waals surface area contributed by atoms with Crippen molar-refractivity contribution in [3.05, 3.63) is 48.0 Å². The molecule has 0 spiro atoms. The number of hydrogen-bond acceptors (Lipinski definition) is 5. The van der Waals surface area contributed by atoms with Crippen LogP contribution in [-0.4, -0.2) is 22.3 Å². The van der Waals surface area contributed by atoms with Crippen LogP contribution < -0.4 is 13.6 Å². The first-order valence-corrected chi connectivity index (χ1v) is 8.03. The standard InChI is InChI=1S/C15H15NO5S/c1-19-10-20-13-7-5-11(6-8-13)14-4-2-3-12-9-16-22(17,18)21-15(12)14/h2-8,16H,9-10H2,1H3. The van der Waals surface area contributed by atoms with Gasteiger partial charge in [0.15, 0.2) is 12.5 Å². The van der Waals surface area contributed by atoms with Gasteiger partial charge in [-0.15, -0.1) is 0 Å². The third-order valence-electron chi connectivity index (χ3n) is 3.24. The monoisotopic (exact) mass is 321 g/mol. The van der Waals surface area contributed by atoms with Crippen LogP contribution >= 0.6 is 0 Å². The number of ether oxygens (including phenoxy) is 2. The zero-order valence-corrected chi connectivity index (χ0v) is 12.7. The molecule has 6 nitrogen and oxygen atoms in total. The molecule has 0 saturated heterocycles. The first kappa shape index (κ1) is 14.8. The molecular weight excluding hydrogens is 306 g/mol. The number of fused-ring (bicyclic) bond motifs is 1. The van der Waals surface area contributed by atoms with E-state index in [0.29, 0.717) is 11.5 Å². The second-order valence-electron chi connectivity index (χ2n) is 4.73. The normalized spacial score (nSPS) is 15.7. The van der Waals surface area contributed by atoms with Crippen LogP contribution in [0.15, 0.2) is 42.5 Å². The van der Waals surface area contributed by atoms with Crippen LogP contribution in [0, 0.1) is 0 Å². The molecule has 0 amide bonds. The Kier molecular flexibility index (Phi) is 4.02. The SMILES string of the molecule is COCOc1ccc(-c2cccc3c2OS(=O)(=O)NC3)cc1. The second-order valence-corrected chi connectivity index (χ2v) is 6.09. The molecule has 2 aromatic carbocycles. The second kappa shape index (κ2) is 5.96. The molecule has 0 bridgehead atoms. The Labute approximate surface area is 128 Å². The molecule has 2 aromatic rings. The Morgan fingerprint density at radius 3 is 2.68 bits per heavy atom. The smallest absolute Gasteiger partial charge is 0.382 e. The van der Waals surface area contributed by atoms with Crippen molar-refractivity contribution >= 4 is 10.3 Å². The fourth-order valence-electron chi connectivity index (χ4n) is 2.21. The van der Waals surface area contributed by atoms with Gasteiger partial charge in [-0.3, -0.25) is 0 Å². The number of nitrogens with one attached hydrogen (secondary N) is 1. The molecule has 116 valence electrons. The molecule has 0 saturated carbocycles. The Bertz CT molecular complexity index is 771. The van der Waals surface area contributed by atoms with Crippen molar-refractivity contribution < 1.29 is 22.1 Å². The maximum atomic E-state index is 11.6. The lowest BCUT2D eigenvalue weighted by molar-refractivity contribution is 0.0511. The Hall–Kier alpha value is -2.09. The van der Waals surface area contributed by atoms with Gasteiger partial charge in [-0.05, 0) is 17.7 Å². The molecule has 0 fully saturated rings. The fraction of sp³-hybridized carbons (Fsp3) is 0.200. The van der Waals surface area contributed by atoms with Crippen molar-refractivity contribution in [1.29, 1.82) is 0 Å². The summed E-state index contributed by atoms with van der Waals surface area (Å²) in [5, 5.41) is 0. The van der Waals surface area contributed by atoms with Gasteiger partial charge in [-0.2, -0.15) is 13.1 Å². The van der Waals surface area contributed by atoms with Gasteiger partial charge in [0, 0.05) is 24.8 Å². The predicted octanol–water partition coefficient (Wildman–Crippen LogP) is 2.06. The number of para-hydroxylation sites is 1. The third-order valence-corrected chi connectivity index (χ3v) is 4.12. The van der Waals surface area contributed by atoms with Crippen LogP contribution in [0.2, 0.25) is 0 Å². The fourth-order valence-corrected chi connectivity index (χ4v) is 3.02. The summed E-state index contributed by atoms with van der Waals surface area (Å²) in [5.41, 5.74) is 2.37. The maximum absolute atomic E-state index is 11.6. The molecule has 0 unspecified atom stereocenters. The minimum atomic E-state index is -3.74. The summed E-state index contributed by atoms with van der Waals surface area (Å²) in [7, 11) is -2.19. The number of rotatable bonds is 4. The first-order chi connectivity index (χ1) is 10.6. The van der Waals surface area contributed by atoms with E-state index in [4.69, 9.17) is 13.7 Å². The third kappa shape index (κ3) is 3.06. The molecule has 7 heteroatoms. The summed E-state index contributed by atoms with van der Waals surface area (Å²) in [6.45, 7) is 0.396. The minimum Gasteiger partial charge on any atom is -0.468 e. The maximum Gasteiger partial charge on any atom is 0.382 e. The molecule has 1 aliphatic rings. The van der Waals surface area contributed by atoms with E-state index in [2.05, 4.69) is 4.72 Å². The summed E-state index contributed by atoms with van der Waals surface area (Å²) in [6, 6.07) is 12.8. The zero-order valence-electron chi connectivity index (χ0n) is 11.9. The van der Waals surface area contributed by atoms with E-state index in [1.165, 1.54) is 0 Å². The first-order valence-electron chi connectivity index (χ1n) is 6.62. The Morgan fingerprint density at radius 2 is 1.95 bits per heavy atom. The van der Waals surface area contributed by atoms with Crippen molar-refractivity contribution in [2.45, 2.75) is 6.54 Å². The summed E-state index contributed by atoms with van der Waals surface area (Å²) < 4.78 is 40.8. The molecule has 0 atom stereocenters. The van der Waals surface area contributed by atoms with Gasteiger partial charge < -0.3 is 13.7 Å². The largest absolute Gasteiger partial charge is 0.468 e. The average molecular weight is 321 g/mol. The van der Waals surface area contributed by atoms with Gasteiger partial charge in [0.25, 0.3) is 0 Å². The Balaban J connectivity index is 1.95. The van der Waals surface area contributed by atoms with Crippen LogP contribution in [0.5, 0.6) is 11.5 Å². The zero-order chi connectivity index (χ0) is 15.6. The van der Waals surface area contributed by atoms with Crippen molar-refractivity contribution in [1.82, 2.24) is 4.72 Å². The minimum absolute atomic E-state index is 0.174. The molecular formula is C15H15NO5S. The molecule has 22 heavy (non-hydrogen) atoms. The van der Waals surface area contributed by atoms with E-state index in [9.17, 15) is 8.42 Å². The van der Waals surface area contributed by atoms with E-state index in [0.717, 1.165) is 16.7 Å². The summed E-state index contributed by atoms with van der Waals surface area (Å²) >= 11 is 0. The number of benzene rings is 2. The van der Waals surface area contributed by atoms with Gasteiger partial charge in [0.2, 0.25) is 0 Å². The van der Waals surface area contributed by atoms with Gasteiger partial charge in [-0.1, -0.05) is 30.3 Å². The van der Waals surface area contributed by atoms with E-state index in [1.54, 1.807) is 19.2 Å². The average Bonchev–Trinajstić information content (AvgIpc) is 2.52. The molecule has 3 rings (SSSR count). The summed E-state index contributed by atoms with van der Waals surface area (Å²) in [4.78, 5) is 0. The Morgan fingerprint density at radius 1 is 1.18 bits per heavy atom. The van der Waals surface area contributed by atoms with Crippen molar-refractivity contribution in [2.75, 3.05) is 13.9 Å². The molecule has 0 radical (unpaired) electrons. The lowest BCUT2D eigenvalue weighted by atomic mass is 10.0.